The highest BCUT2D eigenvalue weighted by Crippen LogP contribution is 2.21. The lowest BCUT2D eigenvalue weighted by atomic mass is 9.88. The summed E-state index contributed by atoms with van der Waals surface area (Å²) in [6.45, 7) is 7.39. The second kappa shape index (κ2) is 6.15. The molecule has 4 nitrogen and oxygen atoms in total. The van der Waals surface area contributed by atoms with Crippen molar-refractivity contribution in [3.63, 3.8) is 0 Å². The lowest BCUT2D eigenvalue weighted by Gasteiger charge is -2.19. The maximum Gasteiger partial charge on any atom is 0.177 e. The number of rotatable bonds is 6. The Kier molecular flexibility index (Phi) is 4.53. The summed E-state index contributed by atoms with van der Waals surface area (Å²) in [4.78, 5) is 12.3. The number of H-pyrrole nitrogens is 1. The van der Waals surface area contributed by atoms with Gasteiger partial charge < -0.3 is 10.7 Å². The van der Waals surface area contributed by atoms with Crippen LogP contribution in [0.1, 0.15) is 38.1 Å². The molecule has 104 valence electrons. The highest BCUT2D eigenvalue weighted by atomic mass is 15.0. The van der Waals surface area contributed by atoms with E-state index in [4.69, 9.17) is 5.73 Å². The molecule has 0 fully saturated rings. The van der Waals surface area contributed by atoms with Gasteiger partial charge in [0, 0.05) is 12.6 Å². The summed E-state index contributed by atoms with van der Waals surface area (Å²) < 4.78 is 0. The fourth-order valence-corrected chi connectivity index (χ4v) is 2.55. The number of hydrogen-bond acceptors (Lipinski definition) is 3. The smallest absolute Gasteiger partial charge is 0.177 e. The van der Waals surface area contributed by atoms with E-state index in [2.05, 4.69) is 35.7 Å². The van der Waals surface area contributed by atoms with Gasteiger partial charge in [0.2, 0.25) is 0 Å². The third kappa shape index (κ3) is 3.32. The van der Waals surface area contributed by atoms with Gasteiger partial charge >= 0.3 is 0 Å². The molecule has 19 heavy (non-hydrogen) atoms. The zero-order valence-electron chi connectivity index (χ0n) is 12.1. The van der Waals surface area contributed by atoms with E-state index in [0.717, 1.165) is 42.8 Å². The van der Waals surface area contributed by atoms with Crippen molar-refractivity contribution in [3.8, 4) is 0 Å². The molecule has 0 saturated carbocycles. The quantitative estimate of drug-likeness (QED) is 0.839. The molecule has 0 aliphatic carbocycles. The summed E-state index contributed by atoms with van der Waals surface area (Å²) in [5, 5.41) is 0. The standard InChI is InChI=1S/C15H24N4/c1-10(2)12(6-8-16)4-5-13-18-14-11(3)7-9-17-15(14)19-13/h7,9-10,12H,4-6,8,16H2,1-3H3,(H,17,18,19). The van der Waals surface area contributed by atoms with E-state index >= 15 is 0 Å². The first-order chi connectivity index (χ1) is 9.11. The lowest BCUT2D eigenvalue weighted by Crippen LogP contribution is -2.15. The second-order valence-corrected chi connectivity index (χ2v) is 5.63. The monoisotopic (exact) mass is 260 g/mol. The van der Waals surface area contributed by atoms with Crippen LogP contribution in [0.4, 0.5) is 0 Å². The topological polar surface area (TPSA) is 67.6 Å². The van der Waals surface area contributed by atoms with Gasteiger partial charge in [0.05, 0.1) is 5.52 Å². The van der Waals surface area contributed by atoms with Gasteiger partial charge in [-0.05, 0) is 49.8 Å². The van der Waals surface area contributed by atoms with Crippen LogP contribution in [0.15, 0.2) is 12.3 Å². The average molecular weight is 260 g/mol. The normalized spacial score (nSPS) is 13.3. The van der Waals surface area contributed by atoms with Crippen molar-refractivity contribution in [2.24, 2.45) is 17.6 Å². The fraction of sp³-hybridized carbons (Fsp3) is 0.600. The van der Waals surface area contributed by atoms with E-state index in [1.165, 1.54) is 5.56 Å². The first-order valence-electron chi connectivity index (χ1n) is 7.12. The molecule has 0 radical (unpaired) electrons. The zero-order valence-corrected chi connectivity index (χ0v) is 12.1. The Morgan fingerprint density at radius 1 is 1.32 bits per heavy atom. The Labute approximate surface area is 114 Å². The zero-order chi connectivity index (χ0) is 13.8. The molecular weight excluding hydrogens is 236 g/mol. The van der Waals surface area contributed by atoms with Crippen LogP contribution in [0.5, 0.6) is 0 Å². The minimum atomic E-state index is 0.673. The highest BCUT2D eigenvalue weighted by Gasteiger charge is 2.14. The molecule has 2 aromatic rings. The molecule has 2 heterocycles. The molecule has 2 rings (SSSR count). The van der Waals surface area contributed by atoms with E-state index in [9.17, 15) is 0 Å². The second-order valence-electron chi connectivity index (χ2n) is 5.63. The van der Waals surface area contributed by atoms with E-state index in [1.807, 2.05) is 12.3 Å². The molecule has 0 aliphatic heterocycles. The van der Waals surface area contributed by atoms with E-state index in [1.54, 1.807) is 0 Å². The number of aromatic nitrogens is 3. The molecule has 3 N–H and O–H groups in total. The summed E-state index contributed by atoms with van der Waals surface area (Å²) in [6.07, 6.45) is 5.01. The third-order valence-corrected chi connectivity index (χ3v) is 3.88. The van der Waals surface area contributed by atoms with Gasteiger partial charge in [0.25, 0.3) is 0 Å². The molecule has 2 aromatic heterocycles. The van der Waals surface area contributed by atoms with Crippen molar-refractivity contribution in [1.29, 1.82) is 0 Å². The predicted octanol–water partition coefficient (Wildman–Crippen LogP) is 2.82. The van der Waals surface area contributed by atoms with Gasteiger partial charge in [-0.3, -0.25) is 0 Å². The van der Waals surface area contributed by atoms with Crippen LogP contribution in [0.2, 0.25) is 0 Å². The van der Waals surface area contributed by atoms with Crippen molar-refractivity contribution < 1.29 is 0 Å². The van der Waals surface area contributed by atoms with Crippen LogP contribution < -0.4 is 5.73 Å². The maximum atomic E-state index is 5.68. The Morgan fingerprint density at radius 2 is 2.11 bits per heavy atom. The van der Waals surface area contributed by atoms with Crippen LogP contribution >= 0.6 is 0 Å². The van der Waals surface area contributed by atoms with Crippen LogP contribution in [-0.4, -0.2) is 21.5 Å². The minimum Gasteiger partial charge on any atom is -0.340 e. The van der Waals surface area contributed by atoms with Crippen molar-refractivity contribution in [2.75, 3.05) is 6.54 Å². The Morgan fingerprint density at radius 3 is 2.74 bits per heavy atom. The van der Waals surface area contributed by atoms with Crippen molar-refractivity contribution in [3.05, 3.63) is 23.7 Å². The largest absolute Gasteiger partial charge is 0.340 e. The van der Waals surface area contributed by atoms with Gasteiger partial charge in [0.1, 0.15) is 5.82 Å². The molecule has 1 atom stereocenters. The number of fused-ring (bicyclic) bond motifs is 1. The van der Waals surface area contributed by atoms with Crippen LogP contribution in [0.3, 0.4) is 0 Å². The lowest BCUT2D eigenvalue weighted by molar-refractivity contribution is 0.339. The van der Waals surface area contributed by atoms with Gasteiger partial charge in [-0.25, -0.2) is 9.97 Å². The van der Waals surface area contributed by atoms with Crippen molar-refractivity contribution in [1.82, 2.24) is 15.0 Å². The Balaban J connectivity index is 2.07. The van der Waals surface area contributed by atoms with E-state index in [-0.39, 0.29) is 0 Å². The summed E-state index contributed by atoms with van der Waals surface area (Å²) in [5.41, 5.74) is 8.78. The Bertz CT molecular complexity index is 530. The molecular formula is C15H24N4. The van der Waals surface area contributed by atoms with Crippen molar-refractivity contribution in [2.45, 2.75) is 40.0 Å². The number of pyridine rings is 1. The summed E-state index contributed by atoms with van der Waals surface area (Å²) in [7, 11) is 0. The molecule has 0 amide bonds. The molecule has 0 spiro atoms. The van der Waals surface area contributed by atoms with Gasteiger partial charge in [-0.15, -0.1) is 0 Å². The molecule has 0 aromatic carbocycles. The fourth-order valence-electron chi connectivity index (χ4n) is 2.55. The van der Waals surface area contributed by atoms with Gasteiger partial charge in [0.15, 0.2) is 5.65 Å². The van der Waals surface area contributed by atoms with E-state index < -0.39 is 0 Å². The molecule has 1 unspecified atom stereocenters. The number of aryl methyl sites for hydroxylation is 2. The minimum absolute atomic E-state index is 0.673. The van der Waals surface area contributed by atoms with Gasteiger partial charge in [-0.2, -0.15) is 0 Å². The molecule has 0 bridgehead atoms. The first-order valence-corrected chi connectivity index (χ1v) is 7.12. The van der Waals surface area contributed by atoms with Crippen LogP contribution in [0, 0.1) is 18.8 Å². The predicted molar refractivity (Wildman–Crippen MR) is 78.9 cm³/mol. The summed E-state index contributed by atoms with van der Waals surface area (Å²) >= 11 is 0. The average Bonchev–Trinajstić information content (AvgIpc) is 2.78. The number of hydrogen-bond donors (Lipinski definition) is 2. The van der Waals surface area contributed by atoms with E-state index in [0.29, 0.717) is 11.8 Å². The van der Waals surface area contributed by atoms with Crippen molar-refractivity contribution >= 4 is 11.2 Å². The summed E-state index contributed by atoms with van der Waals surface area (Å²) in [6, 6.07) is 2.01. The SMILES string of the molecule is Cc1ccnc2nc(CCC(CCN)C(C)C)[nH]c12. The molecule has 4 heteroatoms. The maximum absolute atomic E-state index is 5.68. The number of nitrogens with zero attached hydrogens (tertiary/aromatic N) is 2. The van der Waals surface area contributed by atoms with Gasteiger partial charge in [-0.1, -0.05) is 13.8 Å². The number of imidazole rings is 1. The molecule has 0 aliphatic rings. The third-order valence-electron chi connectivity index (χ3n) is 3.88. The number of nitrogens with one attached hydrogen (secondary N) is 1. The summed E-state index contributed by atoms with van der Waals surface area (Å²) in [5.74, 6) is 2.39. The Hall–Kier alpha value is -1.42. The first kappa shape index (κ1) is 14.0. The molecule has 0 saturated heterocycles. The van der Waals surface area contributed by atoms with Crippen LogP contribution in [-0.2, 0) is 6.42 Å². The highest BCUT2D eigenvalue weighted by molar-refractivity contribution is 5.74. The van der Waals surface area contributed by atoms with Crippen LogP contribution in [0.25, 0.3) is 11.2 Å². The number of nitrogens with two attached hydrogens (primary N) is 1. The number of aromatic amines is 1.